The van der Waals surface area contributed by atoms with E-state index in [2.05, 4.69) is 12.2 Å². The maximum absolute atomic E-state index is 13.8. The Morgan fingerprint density at radius 1 is 1.00 bits per heavy atom. The topological polar surface area (TPSA) is 42.0 Å². The van der Waals surface area contributed by atoms with Gasteiger partial charge in [0.25, 0.3) is 5.91 Å². The van der Waals surface area contributed by atoms with Gasteiger partial charge in [0.15, 0.2) is 0 Å². The second-order valence-electron chi connectivity index (χ2n) is 10.8. The van der Waals surface area contributed by atoms with Crippen molar-refractivity contribution in [2.75, 3.05) is 0 Å². The molecule has 0 saturated heterocycles. The third-order valence-electron chi connectivity index (χ3n) is 9.19. The molecule has 0 bridgehead atoms. The largest absolute Gasteiger partial charge is 0.347 e. The third-order valence-corrected chi connectivity index (χ3v) is 10.8. The van der Waals surface area contributed by atoms with Crippen molar-refractivity contribution < 1.29 is 4.79 Å². The van der Waals surface area contributed by atoms with E-state index in [0.29, 0.717) is 22.8 Å². The maximum Gasteiger partial charge on any atom is 0.262 e. The first kappa shape index (κ1) is 20.5. The molecule has 4 saturated carbocycles. The number of halogens is 1. The highest BCUT2D eigenvalue weighted by molar-refractivity contribution is 7.20. The predicted octanol–water partition coefficient (Wildman–Crippen LogP) is 7.46. The van der Waals surface area contributed by atoms with Crippen LogP contribution < -0.4 is 5.32 Å². The van der Waals surface area contributed by atoms with E-state index in [1.165, 1.54) is 82.6 Å². The number of aromatic nitrogens is 1. The highest BCUT2D eigenvalue weighted by Crippen LogP contribution is 2.75. The number of carbonyl (C=O) groups excluding carboxylic acids is 1. The molecule has 2 aromatic rings. The zero-order valence-electron chi connectivity index (χ0n) is 18.8. The number of nitrogens with zero attached hydrogens (tertiary/aromatic N) is 1. The number of hydrogen-bond acceptors (Lipinski definition) is 3. The average molecular weight is 457 g/mol. The van der Waals surface area contributed by atoms with Gasteiger partial charge >= 0.3 is 0 Å². The molecule has 2 spiro atoms. The molecule has 0 radical (unpaired) electrons. The Hall–Kier alpha value is -1.13. The molecule has 4 aliphatic carbocycles. The summed E-state index contributed by atoms with van der Waals surface area (Å²) in [5.41, 5.74) is 3.96. The number of carbonyl (C=O) groups is 1. The quantitative estimate of drug-likeness (QED) is 0.520. The van der Waals surface area contributed by atoms with Crippen LogP contribution >= 0.6 is 22.9 Å². The highest BCUT2D eigenvalue weighted by Gasteiger charge is 2.75. The zero-order chi connectivity index (χ0) is 21.4. The lowest BCUT2D eigenvalue weighted by atomic mass is 9.73. The second-order valence-corrected chi connectivity index (χ2v) is 12.2. The number of amides is 1. The Kier molecular flexibility index (Phi) is 4.74. The summed E-state index contributed by atoms with van der Waals surface area (Å²) < 4.78 is 0. The van der Waals surface area contributed by atoms with E-state index < -0.39 is 0 Å². The first-order valence-corrected chi connectivity index (χ1v) is 13.6. The van der Waals surface area contributed by atoms with E-state index in [9.17, 15) is 4.79 Å². The van der Waals surface area contributed by atoms with Crippen molar-refractivity contribution in [1.82, 2.24) is 10.3 Å². The molecule has 5 heteroatoms. The van der Waals surface area contributed by atoms with Crippen molar-refractivity contribution in [2.24, 2.45) is 10.8 Å². The van der Waals surface area contributed by atoms with Crippen molar-refractivity contribution in [3.05, 3.63) is 26.7 Å². The van der Waals surface area contributed by atoms with Crippen LogP contribution in [0.25, 0.3) is 10.2 Å². The smallest absolute Gasteiger partial charge is 0.262 e. The number of aryl methyl sites for hydroxylation is 2. The second kappa shape index (κ2) is 7.18. The van der Waals surface area contributed by atoms with E-state index in [0.717, 1.165) is 31.4 Å². The Labute approximate surface area is 194 Å². The first-order chi connectivity index (χ1) is 15.0. The van der Waals surface area contributed by atoms with Crippen LogP contribution in [0.2, 0.25) is 5.02 Å². The zero-order valence-corrected chi connectivity index (χ0v) is 20.4. The number of thiophene rings is 1. The number of rotatable bonds is 3. The van der Waals surface area contributed by atoms with Gasteiger partial charge in [-0.3, -0.25) is 4.79 Å². The lowest BCUT2D eigenvalue weighted by Gasteiger charge is -2.31. The van der Waals surface area contributed by atoms with Gasteiger partial charge in [-0.1, -0.05) is 50.1 Å². The van der Waals surface area contributed by atoms with E-state index in [4.69, 9.17) is 16.6 Å². The minimum atomic E-state index is 0.162. The summed E-state index contributed by atoms with van der Waals surface area (Å²) in [6.07, 6.45) is 15.7. The van der Waals surface area contributed by atoms with Crippen LogP contribution in [0.1, 0.15) is 109 Å². The molecule has 166 valence electrons. The standard InChI is InChI=1S/C26H33ClN2OS/c1-15-18-19(17-9-10-17)21(31-23(18)28-16(2)20(15)27)22(30)29-24-25(11-5-3-6-12-25)26(24)13-7-4-8-14-26/h17,24H,3-14H2,1-2H3,(H,29,30). The molecule has 31 heavy (non-hydrogen) atoms. The lowest BCUT2D eigenvalue weighted by molar-refractivity contribution is 0.0942. The van der Waals surface area contributed by atoms with Crippen LogP contribution in [-0.4, -0.2) is 16.9 Å². The first-order valence-electron chi connectivity index (χ1n) is 12.4. The molecule has 6 rings (SSSR count). The molecule has 0 aliphatic heterocycles. The molecular formula is C26H33ClN2OS. The maximum atomic E-state index is 13.8. The summed E-state index contributed by atoms with van der Waals surface area (Å²) in [5, 5.41) is 5.54. The van der Waals surface area contributed by atoms with Crippen LogP contribution in [0.3, 0.4) is 0 Å². The molecule has 0 atom stereocenters. The Morgan fingerprint density at radius 3 is 2.13 bits per heavy atom. The fourth-order valence-electron chi connectivity index (χ4n) is 7.54. The summed E-state index contributed by atoms with van der Waals surface area (Å²) in [4.78, 5) is 20.5. The summed E-state index contributed by atoms with van der Waals surface area (Å²) in [5.74, 6) is 0.663. The van der Waals surface area contributed by atoms with Crippen molar-refractivity contribution in [3.63, 3.8) is 0 Å². The monoisotopic (exact) mass is 456 g/mol. The van der Waals surface area contributed by atoms with Gasteiger partial charge in [0.1, 0.15) is 4.83 Å². The van der Waals surface area contributed by atoms with Crippen molar-refractivity contribution in [2.45, 2.75) is 103 Å². The number of pyridine rings is 1. The normalized spacial score (nSPS) is 24.7. The Morgan fingerprint density at radius 2 is 1.58 bits per heavy atom. The van der Waals surface area contributed by atoms with E-state index >= 15 is 0 Å². The highest BCUT2D eigenvalue weighted by atomic mass is 35.5. The van der Waals surface area contributed by atoms with Crippen LogP contribution in [-0.2, 0) is 0 Å². The molecule has 4 fully saturated rings. The molecule has 1 amide bonds. The Balaban J connectivity index is 1.37. The van der Waals surface area contributed by atoms with Gasteiger partial charge < -0.3 is 5.32 Å². The van der Waals surface area contributed by atoms with Crippen molar-refractivity contribution in [1.29, 1.82) is 0 Å². The Bertz CT molecular complexity index is 1030. The van der Waals surface area contributed by atoms with Gasteiger partial charge in [0.2, 0.25) is 0 Å². The number of hydrogen-bond donors (Lipinski definition) is 1. The molecule has 3 nitrogen and oxygen atoms in total. The van der Waals surface area contributed by atoms with Gasteiger partial charge in [-0.05, 0) is 80.2 Å². The minimum absolute atomic E-state index is 0.162. The molecule has 4 aliphatic rings. The summed E-state index contributed by atoms with van der Waals surface area (Å²) in [6, 6.07) is 0.379. The number of nitrogens with one attached hydrogen (secondary N) is 1. The molecule has 2 heterocycles. The van der Waals surface area contributed by atoms with Crippen molar-refractivity contribution >= 4 is 39.1 Å². The van der Waals surface area contributed by atoms with Crippen LogP contribution in [0, 0.1) is 24.7 Å². The van der Waals surface area contributed by atoms with Gasteiger partial charge in [-0.15, -0.1) is 11.3 Å². The lowest BCUT2D eigenvalue weighted by Crippen LogP contribution is -2.31. The van der Waals surface area contributed by atoms with Gasteiger partial charge in [-0.2, -0.15) is 0 Å². The van der Waals surface area contributed by atoms with Crippen LogP contribution in [0.4, 0.5) is 0 Å². The van der Waals surface area contributed by atoms with Gasteiger partial charge in [0, 0.05) is 11.4 Å². The average Bonchev–Trinajstić information content (AvgIpc) is 3.66. The van der Waals surface area contributed by atoms with E-state index in [1.54, 1.807) is 11.3 Å². The SMILES string of the molecule is Cc1nc2sc(C(=O)NC3C4(CCCCC4)C34CCCCC4)c(C3CC3)c2c(C)c1Cl. The predicted molar refractivity (Wildman–Crippen MR) is 128 cm³/mol. The summed E-state index contributed by atoms with van der Waals surface area (Å²) in [7, 11) is 0. The van der Waals surface area contributed by atoms with E-state index in [-0.39, 0.29) is 5.91 Å². The van der Waals surface area contributed by atoms with Gasteiger partial charge in [-0.25, -0.2) is 4.98 Å². The molecule has 0 aromatic carbocycles. The molecule has 1 N–H and O–H groups in total. The van der Waals surface area contributed by atoms with Crippen molar-refractivity contribution in [3.8, 4) is 0 Å². The molecular weight excluding hydrogens is 424 g/mol. The van der Waals surface area contributed by atoms with Crippen LogP contribution in [0.5, 0.6) is 0 Å². The van der Waals surface area contributed by atoms with E-state index in [1.807, 2.05) is 6.92 Å². The summed E-state index contributed by atoms with van der Waals surface area (Å²) >= 11 is 8.17. The molecule has 2 aromatic heterocycles. The number of fused-ring (bicyclic) bond motifs is 2. The minimum Gasteiger partial charge on any atom is -0.347 e. The summed E-state index contributed by atoms with van der Waals surface area (Å²) in [6.45, 7) is 4.06. The van der Waals surface area contributed by atoms with Crippen LogP contribution in [0.15, 0.2) is 0 Å². The fourth-order valence-corrected chi connectivity index (χ4v) is 8.94. The third kappa shape index (κ3) is 2.89. The molecule has 0 unspecified atom stereocenters. The van der Waals surface area contributed by atoms with Gasteiger partial charge in [0.05, 0.1) is 15.6 Å². The fraction of sp³-hybridized carbons (Fsp3) is 0.692.